The molecule has 2 rings (SSSR count). The number of ether oxygens (including phenoxy) is 1. The molecule has 1 fully saturated rings. The molecule has 1 heterocycles. The first-order chi connectivity index (χ1) is 9.58. The first-order valence-electron chi connectivity index (χ1n) is 6.70. The van der Waals surface area contributed by atoms with E-state index < -0.39 is 0 Å². The van der Waals surface area contributed by atoms with Crippen molar-refractivity contribution >= 4 is 23.3 Å². The van der Waals surface area contributed by atoms with E-state index in [0.29, 0.717) is 36.1 Å². The molecule has 7 heteroatoms. The smallest absolute Gasteiger partial charge is 0.239 e. The minimum Gasteiger partial charge on any atom is -0.374 e. The second-order valence-corrected chi connectivity index (χ2v) is 5.19. The zero-order valence-corrected chi connectivity index (χ0v) is 12.5. The van der Waals surface area contributed by atoms with Crippen molar-refractivity contribution < 1.29 is 9.53 Å². The SMILES string of the molecule is CCOCc1nc(Cl)cc(N(C)CC(=O)NC2CC2)n1. The van der Waals surface area contributed by atoms with Gasteiger partial charge < -0.3 is 15.0 Å². The number of nitrogens with one attached hydrogen (secondary N) is 1. The molecule has 1 aromatic heterocycles. The monoisotopic (exact) mass is 298 g/mol. The van der Waals surface area contributed by atoms with Gasteiger partial charge >= 0.3 is 0 Å². The van der Waals surface area contributed by atoms with E-state index in [-0.39, 0.29) is 12.5 Å². The average Bonchev–Trinajstić information content (AvgIpc) is 3.19. The molecule has 1 N–H and O–H groups in total. The van der Waals surface area contributed by atoms with Crippen LogP contribution in [0.15, 0.2) is 6.07 Å². The summed E-state index contributed by atoms with van der Waals surface area (Å²) >= 11 is 5.97. The van der Waals surface area contributed by atoms with E-state index in [9.17, 15) is 4.79 Å². The van der Waals surface area contributed by atoms with Crippen LogP contribution in [0.3, 0.4) is 0 Å². The van der Waals surface area contributed by atoms with E-state index in [2.05, 4.69) is 15.3 Å². The van der Waals surface area contributed by atoms with Gasteiger partial charge in [0.15, 0.2) is 5.82 Å². The molecule has 0 atom stereocenters. The van der Waals surface area contributed by atoms with Crippen LogP contribution >= 0.6 is 11.6 Å². The molecule has 0 aliphatic heterocycles. The highest BCUT2D eigenvalue weighted by Crippen LogP contribution is 2.19. The van der Waals surface area contributed by atoms with Gasteiger partial charge in [0.2, 0.25) is 5.91 Å². The van der Waals surface area contributed by atoms with Crippen LogP contribution < -0.4 is 10.2 Å². The third kappa shape index (κ3) is 4.61. The fourth-order valence-corrected chi connectivity index (χ4v) is 1.90. The molecule has 1 aromatic rings. The van der Waals surface area contributed by atoms with Gasteiger partial charge in [0.1, 0.15) is 17.6 Å². The Morgan fingerprint density at radius 1 is 1.55 bits per heavy atom. The Bertz CT molecular complexity index is 479. The second-order valence-electron chi connectivity index (χ2n) is 4.80. The summed E-state index contributed by atoms with van der Waals surface area (Å²) in [4.78, 5) is 22.0. The number of hydrogen-bond acceptors (Lipinski definition) is 5. The van der Waals surface area contributed by atoms with Crippen molar-refractivity contribution in [2.24, 2.45) is 0 Å². The van der Waals surface area contributed by atoms with Crippen LogP contribution in [0, 0.1) is 0 Å². The summed E-state index contributed by atoms with van der Waals surface area (Å²) in [5.74, 6) is 1.13. The van der Waals surface area contributed by atoms with Crippen molar-refractivity contribution in [3.63, 3.8) is 0 Å². The Balaban J connectivity index is 1.98. The molecule has 1 aliphatic rings. The largest absolute Gasteiger partial charge is 0.374 e. The highest BCUT2D eigenvalue weighted by molar-refractivity contribution is 6.29. The summed E-state index contributed by atoms with van der Waals surface area (Å²) in [7, 11) is 1.80. The van der Waals surface area contributed by atoms with E-state index in [4.69, 9.17) is 16.3 Å². The molecule has 1 aliphatic carbocycles. The number of carbonyl (C=O) groups excluding carboxylic acids is 1. The maximum Gasteiger partial charge on any atom is 0.239 e. The minimum atomic E-state index is -0.00362. The lowest BCUT2D eigenvalue weighted by molar-refractivity contribution is -0.119. The van der Waals surface area contributed by atoms with Gasteiger partial charge in [0.25, 0.3) is 0 Å². The summed E-state index contributed by atoms with van der Waals surface area (Å²) in [5, 5.41) is 3.28. The molecule has 0 spiro atoms. The number of amides is 1. The van der Waals surface area contributed by atoms with Gasteiger partial charge in [-0.3, -0.25) is 4.79 Å². The van der Waals surface area contributed by atoms with Gasteiger partial charge in [-0.1, -0.05) is 11.6 Å². The Kier molecular flexibility index (Phi) is 5.14. The fraction of sp³-hybridized carbons (Fsp3) is 0.615. The zero-order chi connectivity index (χ0) is 14.5. The lowest BCUT2D eigenvalue weighted by Gasteiger charge is -2.18. The van der Waals surface area contributed by atoms with Gasteiger partial charge in [0, 0.05) is 25.8 Å². The third-order valence-corrected chi connectivity index (χ3v) is 3.07. The molecule has 1 saturated carbocycles. The number of carbonyl (C=O) groups is 1. The van der Waals surface area contributed by atoms with Crippen molar-refractivity contribution in [2.75, 3.05) is 25.1 Å². The summed E-state index contributed by atoms with van der Waals surface area (Å²) < 4.78 is 5.27. The molecule has 110 valence electrons. The summed E-state index contributed by atoms with van der Waals surface area (Å²) in [5.41, 5.74) is 0. The molecule has 0 bridgehead atoms. The third-order valence-electron chi connectivity index (χ3n) is 2.88. The number of anilines is 1. The fourth-order valence-electron chi connectivity index (χ4n) is 1.70. The van der Waals surface area contributed by atoms with Crippen LogP contribution in [-0.2, 0) is 16.1 Å². The normalized spacial score (nSPS) is 14.2. The van der Waals surface area contributed by atoms with Gasteiger partial charge in [-0.15, -0.1) is 0 Å². The average molecular weight is 299 g/mol. The number of nitrogens with zero attached hydrogens (tertiary/aromatic N) is 3. The Hall–Kier alpha value is -1.40. The standard InChI is InChI=1S/C13H19ClN4O2/c1-3-20-8-11-16-10(14)6-12(17-11)18(2)7-13(19)15-9-4-5-9/h6,9H,3-5,7-8H2,1-2H3,(H,15,19). The lowest BCUT2D eigenvalue weighted by atomic mass is 10.4. The predicted octanol–water partition coefficient (Wildman–Crippen LogP) is 1.38. The quantitative estimate of drug-likeness (QED) is 0.770. The zero-order valence-electron chi connectivity index (χ0n) is 11.7. The molecular weight excluding hydrogens is 280 g/mol. The van der Waals surface area contributed by atoms with Crippen molar-refractivity contribution in [1.82, 2.24) is 15.3 Å². The second kappa shape index (κ2) is 6.85. The number of likely N-dealkylation sites (N-methyl/N-ethyl adjacent to an activating group) is 1. The van der Waals surface area contributed by atoms with Crippen LogP contribution in [0.1, 0.15) is 25.6 Å². The summed E-state index contributed by atoms with van der Waals surface area (Å²) in [6, 6.07) is 2.00. The molecule has 0 saturated heterocycles. The highest BCUT2D eigenvalue weighted by atomic mass is 35.5. The predicted molar refractivity (Wildman–Crippen MR) is 76.8 cm³/mol. The molecule has 0 unspecified atom stereocenters. The highest BCUT2D eigenvalue weighted by Gasteiger charge is 2.23. The van der Waals surface area contributed by atoms with Crippen molar-refractivity contribution in [3.8, 4) is 0 Å². The summed E-state index contributed by atoms with van der Waals surface area (Å²) in [6.45, 7) is 3.05. The minimum absolute atomic E-state index is 0.00362. The lowest BCUT2D eigenvalue weighted by Crippen LogP contribution is -2.36. The van der Waals surface area contributed by atoms with Crippen molar-refractivity contribution in [3.05, 3.63) is 17.0 Å². The van der Waals surface area contributed by atoms with E-state index >= 15 is 0 Å². The molecule has 0 radical (unpaired) electrons. The maximum atomic E-state index is 11.8. The maximum absolute atomic E-state index is 11.8. The van der Waals surface area contributed by atoms with E-state index in [1.54, 1.807) is 18.0 Å². The molecule has 0 aromatic carbocycles. The van der Waals surface area contributed by atoms with Crippen molar-refractivity contribution in [1.29, 1.82) is 0 Å². The Labute approximate surface area is 123 Å². The first kappa shape index (κ1) is 15.0. The van der Waals surface area contributed by atoms with Crippen LogP contribution in [-0.4, -0.2) is 42.1 Å². The van der Waals surface area contributed by atoms with Crippen LogP contribution in [0.25, 0.3) is 0 Å². The van der Waals surface area contributed by atoms with Crippen LogP contribution in [0.4, 0.5) is 5.82 Å². The number of rotatable bonds is 7. The number of halogens is 1. The van der Waals surface area contributed by atoms with E-state index in [0.717, 1.165) is 12.8 Å². The Morgan fingerprint density at radius 3 is 2.95 bits per heavy atom. The number of aromatic nitrogens is 2. The molecule has 20 heavy (non-hydrogen) atoms. The van der Waals surface area contributed by atoms with Gasteiger partial charge in [-0.2, -0.15) is 0 Å². The van der Waals surface area contributed by atoms with E-state index in [1.807, 2.05) is 6.92 Å². The van der Waals surface area contributed by atoms with Crippen molar-refractivity contribution in [2.45, 2.75) is 32.4 Å². The van der Waals surface area contributed by atoms with Crippen LogP contribution in [0.2, 0.25) is 5.15 Å². The molecular formula is C13H19ClN4O2. The first-order valence-corrected chi connectivity index (χ1v) is 7.08. The van der Waals surface area contributed by atoms with E-state index in [1.165, 1.54) is 0 Å². The van der Waals surface area contributed by atoms with Crippen LogP contribution in [0.5, 0.6) is 0 Å². The van der Waals surface area contributed by atoms with Gasteiger partial charge in [-0.05, 0) is 19.8 Å². The van der Waals surface area contributed by atoms with Gasteiger partial charge in [-0.25, -0.2) is 9.97 Å². The Morgan fingerprint density at radius 2 is 2.30 bits per heavy atom. The molecule has 1 amide bonds. The molecule has 6 nitrogen and oxygen atoms in total. The summed E-state index contributed by atoms with van der Waals surface area (Å²) in [6.07, 6.45) is 2.15. The topological polar surface area (TPSA) is 67.3 Å². The van der Waals surface area contributed by atoms with Gasteiger partial charge in [0.05, 0.1) is 6.54 Å². The number of hydrogen-bond donors (Lipinski definition) is 1.